The minimum atomic E-state index is -0.0775. The number of nitrogens with zero attached hydrogens (tertiary/aromatic N) is 3. The third-order valence-electron chi connectivity index (χ3n) is 2.25. The van der Waals surface area contributed by atoms with Crippen LogP contribution in [0.1, 0.15) is 16.1 Å². The van der Waals surface area contributed by atoms with Gasteiger partial charge in [0.25, 0.3) is 0 Å². The van der Waals surface area contributed by atoms with Gasteiger partial charge in [0.05, 0.1) is 7.11 Å². The number of hydrogen-bond donors (Lipinski definition) is 0. The van der Waals surface area contributed by atoms with Gasteiger partial charge in [-0.15, -0.1) is 10.2 Å². The smallest absolute Gasteiger partial charge is 0.233 e. The van der Waals surface area contributed by atoms with Gasteiger partial charge in [-0.2, -0.15) is 0 Å². The number of carbonyl (C=O) groups excluding carboxylic acids is 1. The molecule has 0 spiro atoms. The van der Waals surface area contributed by atoms with E-state index in [0.717, 1.165) is 5.56 Å². The summed E-state index contributed by atoms with van der Waals surface area (Å²) in [7, 11) is 1.50. The van der Waals surface area contributed by atoms with Crippen molar-refractivity contribution in [1.29, 1.82) is 0 Å². The van der Waals surface area contributed by atoms with Crippen LogP contribution in [0.3, 0.4) is 0 Å². The van der Waals surface area contributed by atoms with Crippen molar-refractivity contribution in [2.45, 2.75) is 6.42 Å². The molecule has 0 bridgehead atoms. The molecule has 0 unspecified atom stereocenters. The average Bonchev–Trinajstić information content (AvgIpc) is 2.40. The first kappa shape index (κ1) is 11.2. The SMILES string of the molecule is COc1ccc(C(=O)Cc2ccncc2)nn1. The van der Waals surface area contributed by atoms with Crippen molar-refractivity contribution < 1.29 is 9.53 Å². The number of methoxy groups -OCH3 is 1. The normalized spacial score (nSPS) is 9.94. The number of aromatic nitrogens is 3. The molecule has 2 heterocycles. The molecule has 0 saturated carbocycles. The zero-order valence-corrected chi connectivity index (χ0v) is 9.33. The van der Waals surface area contributed by atoms with E-state index < -0.39 is 0 Å². The highest BCUT2D eigenvalue weighted by Gasteiger charge is 2.09. The quantitative estimate of drug-likeness (QED) is 0.739. The van der Waals surface area contributed by atoms with Crippen LogP contribution >= 0.6 is 0 Å². The van der Waals surface area contributed by atoms with Crippen LogP contribution in [0.5, 0.6) is 5.88 Å². The molecule has 17 heavy (non-hydrogen) atoms. The molecule has 2 aromatic rings. The van der Waals surface area contributed by atoms with E-state index in [2.05, 4.69) is 15.2 Å². The van der Waals surface area contributed by atoms with E-state index in [1.165, 1.54) is 7.11 Å². The number of carbonyl (C=O) groups is 1. The van der Waals surface area contributed by atoms with Crippen LogP contribution in [0.4, 0.5) is 0 Å². The van der Waals surface area contributed by atoms with Gasteiger partial charge in [-0.3, -0.25) is 9.78 Å². The highest BCUT2D eigenvalue weighted by molar-refractivity contribution is 5.95. The van der Waals surface area contributed by atoms with Gasteiger partial charge in [-0.1, -0.05) is 0 Å². The Morgan fingerprint density at radius 2 is 1.94 bits per heavy atom. The second kappa shape index (κ2) is 5.16. The van der Waals surface area contributed by atoms with Gasteiger partial charge in [0.15, 0.2) is 5.78 Å². The zero-order chi connectivity index (χ0) is 12.1. The Morgan fingerprint density at radius 1 is 1.18 bits per heavy atom. The van der Waals surface area contributed by atoms with Crippen molar-refractivity contribution in [1.82, 2.24) is 15.2 Å². The first-order valence-corrected chi connectivity index (χ1v) is 5.09. The lowest BCUT2D eigenvalue weighted by Crippen LogP contribution is -2.07. The molecule has 2 aromatic heterocycles. The maximum absolute atomic E-state index is 11.8. The molecule has 5 nitrogen and oxygen atoms in total. The Kier molecular flexibility index (Phi) is 3.40. The van der Waals surface area contributed by atoms with E-state index in [4.69, 9.17) is 4.74 Å². The average molecular weight is 229 g/mol. The van der Waals surface area contributed by atoms with Crippen molar-refractivity contribution in [2.75, 3.05) is 7.11 Å². The van der Waals surface area contributed by atoms with E-state index in [1.807, 2.05) is 0 Å². The van der Waals surface area contributed by atoms with Crippen molar-refractivity contribution in [3.8, 4) is 5.88 Å². The summed E-state index contributed by atoms with van der Waals surface area (Å²) in [5, 5.41) is 7.56. The van der Waals surface area contributed by atoms with Crippen LogP contribution in [-0.2, 0) is 6.42 Å². The summed E-state index contributed by atoms with van der Waals surface area (Å²) in [5.41, 5.74) is 1.24. The third kappa shape index (κ3) is 2.84. The highest BCUT2D eigenvalue weighted by atomic mass is 16.5. The van der Waals surface area contributed by atoms with Crippen LogP contribution in [0.2, 0.25) is 0 Å². The summed E-state index contributed by atoms with van der Waals surface area (Å²) in [5.74, 6) is 0.316. The Hall–Kier alpha value is -2.30. The molecule has 0 radical (unpaired) electrons. The van der Waals surface area contributed by atoms with Gasteiger partial charge < -0.3 is 4.74 Å². The number of ether oxygens (including phenoxy) is 1. The second-order valence-electron chi connectivity index (χ2n) is 3.42. The van der Waals surface area contributed by atoms with E-state index in [9.17, 15) is 4.79 Å². The van der Waals surface area contributed by atoms with E-state index in [-0.39, 0.29) is 5.78 Å². The highest BCUT2D eigenvalue weighted by Crippen LogP contribution is 2.07. The fourth-order valence-electron chi connectivity index (χ4n) is 1.35. The molecule has 0 aromatic carbocycles. The van der Waals surface area contributed by atoms with Gasteiger partial charge in [0.1, 0.15) is 5.69 Å². The fraction of sp³-hybridized carbons (Fsp3) is 0.167. The van der Waals surface area contributed by atoms with Crippen LogP contribution in [-0.4, -0.2) is 28.1 Å². The molecule has 2 rings (SSSR count). The Labute approximate surface area is 98.5 Å². The monoisotopic (exact) mass is 229 g/mol. The summed E-state index contributed by atoms with van der Waals surface area (Å²) >= 11 is 0. The van der Waals surface area contributed by atoms with Gasteiger partial charge in [0, 0.05) is 24.9 Å². The molecular formula is C12H11N3O2. The Bertz CT molecular complexity index is 497. The van der Waals surface area contributed by atoms with Crippen LogP contribution in [0, 0.1) is 0 Å². The van der Waals surface area contributed by atoms with Crippen molar-refractivity contribution in [2.24, 2.45) is 0 Å². The minimum absolute atomic E-state index is 0.0775. The van der Waals surface area contributed by atoms with Gasteiger partial charge >= 0.3 is 0 Å². The molecular weight excluding hydrogens is 218 g/mol. The zero-order valence-electron chi connectivity index (χ0n) is 9.33. The van der Waals surface area contributed by atoms with Crippen LogP contribution < -0.4 is 4.74 Å². The van der Waals surface area contributed by atoms with E-state index in [0.29, 0.717) is 18.0 Å². The van der Waals surface area contributed by atoms with Gasteiger partial charge in [-0.25, -0.2) is 0 Å². The first-order valence-electron chi connectivity index (χ1n) is 5.09. The minimum Gasteiger partial charge on any atom is -0.480 e. The molecule has 0 fully saturated rings. The standard InChI is InChI=1S/C12H11N3O2/c1-17-12-3-2-10(14-15-12)11(16)8-9-4-6-13-7-5-9/h2-7H,8H2,1H3. The molecule has 86 valence electrons. The molecule has 0 aliphatic rings. The lowest BCUT2D eigenvalue weighted by Gasteiger charge is -2.01. The molecule has 0 atom stereocenters. The van der Waals surface area contributed by atoms with Crippen molar-refractivity contribution in [3.63, 3.8) is 0 Å². The topological polar surface area (TPSA) is 65.0 Å². The van der Waals surface area contributed by atoms with Crippen LogP contribution in [0.25, 0.3) is 0 Å². The predicted octanol–water partition coefficient (Wildman–Crippen LogP) is 1.31. The Morgan fingerprint density at radius 3 is 2.53 bits per heavy atom. The number of ketones is 1. The number of pyridine rings is 1. The molecule has 0 aliphatic carbocycles. The largest absolute Gasteiger partial charge is 0.480 e. The molecule has 0 N–H and O–H groups in total. The number of hydrogen-bond acceptors (Lipinski definition) is 5. The molecule has 0 saturated heterocycles. The summed E-state index contributed by atoms with van der Waals surface area (Å²) in [4.78, 5) is 15.7. The Balaban J connectivity index is 2.09. The summed E-state index contributed by atoms with van der Waals surface area (Å²) in [6.07, 6.45) is 3.61. The molecule has 0 aliphatic heterocycles. The van der Waals surface area contributed by atoms with Crippen LogP contribution in [0.15, 0.2) is 36.7 Å². The predicted molar refractivity (Wildman–Crippen MR) is 60.9 cm³/mol. The second-order valence-corrected chi connectivity index (χ2v) is 3.42. The number of Topliss-reactive ketones (excluding diaryl/α,β-unsaturated/α-hetero) is 1. The lowest BCUT2D eigenvalue weighted by atomic mass is 10.1. The third-order valence-corrected chi connectivity index (χ3v) is 2.25. The lowest BCUT2D eigenvalue weighted by molar-refractivity contribution is 0.0987. The maximum Gasteiger partial charge on any atom is 0.233 e. The summed E-state index contributed by atoms with van der Waals surface area (Å²) in [6.45, 7) is 0. The van der Waals surface area contributed by atoms with E-state index in [1.54, 1.807) is 36.7 Å². The van der Waals surface area contributed by atoms with Gasteiger partial charge in [0.2, 0.25) is 5.88 Å². The molecule has 5 heteroatoms. The number of rotatable bonds is 4. The molecule has 0 amide bonds. The maximum atomic E-state index is 11.8. The van der Waals surface area contributed by atoms with Crippen molar-refractivity contribution >= 4 is 5.78 Å². The van der Waals surface area contributed by atoms with E-state index >= 15 is 0 Å². The first-order chi connectivity index (χ1) is 8.29. The van der Waals surface area contributed by atoms with Gasteiger partial charge in [-0.05, 0) is 23.8 Å². The van der Waals surface area contributed by atoms with Crippen molar-refractivity contribution in [3.05, 3.63) is 47.9 Å². The summed E-state index contributed by atoms with van der Waals surface area (Å²) in [6, 6.07) is 6.83. The fourth-order valence-corrected chi connectivity index (χ4v) is 1.35. The summed E-state index contributed by atoms with van der Waals surface area (Å²) < 4.78 is 4.87.